The average Bonchev–Trinajstić information content (AvgIpc) is 2.96. The zero-order valence-corrected chi connectivity index (χ0v) is 12.7. The summed E-state index contributed by atoms with van der Waals surface area (Å²) in [7, 11) is 0. The van der Waals surface area contributed by atoms with Crippen LogP contribution in [0.1, 0.15) is 11.4 Å². The molecule has 0 atom stereocenters. The molecule has 0 aliphatic rings. The molecule has 3 aromatic rings. The van der Waals surface area contributed by atoms with E-state index in [1.54, 1.807) is 0 Å². The molecule has 0 aliphatic heterocycles. The lowest BCUT2D eigenvalue weighted by Gasteiger charge is -2.06. The van der Waals surface area contributed by atoms with Gasteiger partial charge in [0, 0.05) is 18.5 Å². The highest BCUT2D eigenvalue weighted by atomic mass is 16.5. The van der Waals surface area contributed by atoms with Gasteiger partial charge in [-0.2, -0.15) is 5.10 Å². The predicted octanol–water partition coefficient (Wildman–Crippen LogP) is 1.70. The summed E-state index contributed by atoms with van der Waals surface area (Å²) in [5.41, 5.74) is 2.20. The van der Waals surface area contributed by atoms with Crippen molar-refractivity contribution in [1.29, 1.82) is 0 Å². The summed E-state index contributed by atoms with van der Waals surface area (Å²) in [6.45, 7) is 2.94. The molecule has 0 spiro atoms. The highest BCUT2D eigenvalue weighted by molar-refractivity contribution is 5.86. The molecule has 1 aromatic carbocycles. The molecule has 0 aliphatic carbocycles. The molecule has 0 radical (unpaired) electrons. The summed E-state index contributed by atoms with van der Waals surface area (Å²) in [6, 6.07) is 11.2. The number of para-hydroxylation sites is 1. The van der Waals surface area contributed by atoms with Crippen LogP contribution >= 0.6 is 0 Å². The van der Waals surface area contributed by atoms with E-state index >= 15 is 0 Å². The van der Waals surface area contributed by atoms with Crippen LogP contribution in [0.15, 0.2) is 40.9 Å². The number of fused-ring (bicyclic) bond motifs is 1. The van der Waals surface area contributed by atoms with Gasteiger partial charge in [0.25, 0.3) is 0 Å². The zero-order valence-electron chi connectivity index (χ0n) is 12.7. The molecule has 0 saturated heterocycles. The van der Waals surface area contributed by atoms with Gasteiger partial charge in [0.15, 0.2) is 5.58 Å². The summed E-state index contributed by atoms with van der Waals surface area (Å²) in [5, 5.41) is 18.7. The summed E-state index contributed by atoms with van der Waals surface area (Å²) < 4.78 is 5.19. The predicted molar refractivity (Wildman–Crippen MR) is 86.0 cm³/mol. The number of aromatic nitrogens is 3. The molecule has 3 rings (SSSR count). The van der Waals surface area contributed by atoms with Crippen LogP contribution in [-0.4, -0.2) is 34.4 Å². The largest absolute Gasteiger partial charge is 0.367 e. The summed E-state index contributed by atoms with van der Waals surface area (Å²) in [6.07, 6.45) is 0.196. The maximum Gasteiger partial charge on any atom is 0.226 e. The Morgan fingerprint density at radius 3 is 2.83 bits per heavy atom. The zero-order chi connectivity index (χ0) is 16.1. The minimum absolute atomic E-state index is 0.0964. The second-order valence-corrected chi connectivity index (χ2v) is 5.14. The molecule has 118 valence electrons. The molecule has 7 nitrogen and oxygen atoms in total. The summed E-state index contributed by atoms with van der Waals surface area (Å²) >= 11 is 0. The molecule has 1 amide bonds. The van der Waals surface area contributed by atoms with Crippen LogP contribution < -0.4 is 10.6 Å². The Labute approximate surface area is 133 Å². The Morgan fingerprint density at radius 1 is 1.13 bits per heavy atom. The third-order valence-electron chi connectivity index (χ3n) is 3.33. The molecule has 0 fully saturated rings. The fourth-order valence-corrected chi connectivity index (χ4v) is 2.17. The van der Waals surface area contributed by atoms with E-state index in [0.717, 1.165) is 11.1 Å². The number of aryl methyl sites for hydroxylation is 1. The SMILES string of the molecule is Cc1ccc(NCCNC(=O)Cc2noc3ccccc23)nn1. The molecule has 2 N–H and O–H groups in total. The van der Waals surface area contributed by atoms with Gasteiger partial charge in [0.05, 0.1) is 12.1 Å². The minimum Gasteiger partial charge on any atom is -0.367 e. The van der Waals surface area contributed by atoms with E-state index in [4.69, 9.17) is 4.52 Å². The molecule has 0 unspecified atom stereocenters. The van der Waals surface area contributed by atoms with Crippen molar-refractivity contribution >= 4 is 22.7 Å². The lowest BCUT2D eigenvalue weighted by atomic mass is 10.1. The van der Waals surface area contributed by atoms with Crippen molar-refractivity contribution in [1.82, 2.24) is 20.7 Å². The molecular formula is C16H17N5O2. The highest BCUT2D eigenvalue weighted by Gasteiger charge is 2.11. The Bertz CT molecular complexity index is 798. The van der Waals surface area contributed by atoms with Crippen LogP contribution in [0.5, 0.6) is 0 Å². The van der Waals surface area contributed by atoms with E-state index in [1.165, 1.54) is 0 Å². The molecule has 0 saturated carbocycles. The number of anilines is 1. The lowest BCUT2D eigenvalue weighted by molar-refractivity contribution is -0.120. The number of benzene rings is 1. The van der Waals surface area contributed by atoms with Crippen LogP contribution in [0.25, 0.3) is 11.0 Å². The standard InChI is InChI=1S/C16H17N5O2/c1-11-6-7-15(20-19-11)17-8-9-18-16(22)10-13-12-4-2-3-5-14(12)23-21-13/h2-7H,8-10H2,1H3,(H,17,20)(H,18,22). The van der Waals surface area contributed by atoms with E-state index in [2.05, 4.69) is 26.0 Å². The first-order valence-corrected chi connectivity index (χ1v) is 7.36. The van der Waals surface area contributed by atoms with E-state index in [1.807, 2.05) is 43.3 Å². The Kier molecular flexibility index (Phi) is 4.46. The van der Waals surface area contributed by atoms with Crippen molar-refractivity contribution < 1.29 is 9.32 Å². The third-order valence-corrected chi connectivity index (χ3v) is 3.33. The number of hydrogen-bond donors (Lipinski definition) is 2. The fourth-order valence-electron chi connectivity index (χ4n) is 2.17. The van der Waals surface area contributed by atoms with Gasteiger partial charge < -0.3 is 15.2 Å². The first-order chi connectivity index (χ1) is 11.2. The van der Waals surface area contributed by atoms with Gasteiger partial charge in [-0.1, -0.05) is 17.3 Å². The molecule has 0 bridgehead atoms. The van der Waals surface area contributed by atoms with Crippen LogP contribution in [0.3, 0.4) is 0 Å². The van der Waals surface area contributed by atoms with E-state index in [9.17, 15) is 4.79 Å². The van der Waals surface area contributed by atoms with Crippen molar-refractivity contribution in [3.63, 3.8) is 0 Å². The number of amides is 1. The Morgan fingerprint density at radius 2 is 2.00 bits per heavy atom. The number of rotatable bonds is 6. The Balaban J connectivity index is 1.45. The van der Waals surface area contributed by atoms with Gasteiger partial charge in [-0.15, -0.1) is 5.10 Å². The number of carbonyl (C=O) groups is 1. The normalized spacial score (nSPS) is 10.7. The first kappa shape index (κ1) is 15.0. The molecule has 7 heteroatoms. The lowest BCUT2D eigenvalue weighted by Crippen LogP contribution is -2.30. The van der Waals surface area contributed by atoms with Gasteiger partial charge in [-0.25, -0.2) is 0 Å². The van der Waals surface area contributed by atoms with Gasteiger partial charge in [0.1, 0.15) is 11.5 Å². The highest BCUT2D eigenvalue weighted by Crippen LogP contribution is 2.17. The van der Waals surface area contributed by atoms with Crippen LogP contribution in [-0.2, 0) is 11.2 Å². The van der Waals surface area contributed by atoms with Crippen molar-refractivity contribution in [2.24, 2.45) is 0 Å². The minimum atomic E-state index is -0.0964. The van der Waals surface area contributed by atoms with E-state index in [0.29, 0.717) is 30.2 Å². The first-order valence-electron chi connectivity index (χ1n) is 7.36. The maximum atomic E-state index is 12.0. The average molecular weight is 311 g/mol. The maximum absolute atomic E-state index is 12.0. The van der Waals surface area contributed by atoms with Crippen molar-refractivity contribution in [3.05, 3.63) is 47.8 Å². The van der Waals surface area contributed by atoms with Crippen molar-refractivity contribution in [3.8, 4) is 0 Å². The van der Waals surface area contributed by atoms with E-state index in [-0.39, 0.29) is 12.3 Å². The number of hydrogen-bond acceptors (Lipinski definition) is 6. The number of nitrogens with one attached hydrogen (secondary N) is 2. The van der Waals surface area contributed by atoms with Gasteiger partial charge >= 0.3 is 0 Å². The van der Waals surface area contributed by atoms with Crippen LogP contribution in [0, 0.1) is 6.92 Å². The van der Waals surface area contributed by atoms with Crippen molar-refractivity contribution in [2.45, 2.75) is 13.3 Å². The molecular weight excluding hydrogens is 294 g/mol. The van der Waals surface area contributed by atoms with Gasteiger partial charge in [0.2, 0.25) is 5.91 Å². The topological polar surface area (TPSA) is 92.9 Å². The van der Waals surface area contributed by atoms with Crippen LogP contribution in [0.2, 0.25) is 0 Å². The smallest absolute Gasteiger partial charge is 0.226 e. The summed E-state index contributed by atoms with van der Waals surface area (Å²) in [4.78, 5) is 12.0. The third kappa shape index (κ3) is 3.82. The second kappa shape index (κ2) is 6.87. The molecule has 2 heterocycles. The van der Waals surface area contributed by atoms with Gasteiger partial charge in [-0.3, -0.25) is 4.79 Å². The van der Waals surface area contributed by atoms with Gasteiger partial charge in [-0.05, 0) is 31.2 Å². The number of nitrogens with zero attached hydrogens (tertiary/aromatic N) is 3. The fraction of sp³-hybridized carbons (Fsp3) is 0.250. The number of carbonyl (C=O) groups excluding carboxylic acids is 1. The second-order valence-electron chi connectivity index (χ2n) is 5.14. The summed E-state index contributed by atoms with van der Waals surface area (Å²) in [5.74, 6) is 0.591. The van der Waals surface area contributed by atoms with Crippen LogP contribution in [0.4, 0.5) is 5.82 Å². The van der Waals surface area contributed by atoms with E-state index < -0.39 is 0 Å². The van der Waals surface area contributed by atoms with Crippen molar-refractivity contribution in [2.75, 3.05) is 18.4 Å². The quantitative estimate of drug-likeness (QED) is 0.673. The molecule has 23 heavy (non-hydrogen) atoms. The Hall–Kier alpha value is -2.96. The molecule has 2 aromatic heterocycles. The monoisotopic (exact) mass is 311 g/mol.